The van der Waals surface area contributed by atoms with Crippen molar-refractivity contribution in [1.82, 2.24) is 9.48 Å². The zero-order valence-electron chi connectivity index (χ0n) is 10.2. The van der Waals surface area contributed by atoms with E-state index in [1.54, 1.807) is 12.1 Å². The Morgan fingerprint density at radius 2 is 2.00 bits per heavy atom. The van der Waals surface area contributed by atoms with Gasteiger partial charge in [0, 0.05) is 24.2 Å². The molecule has 19 heavy (non-hydrogen) atoms. The molecule has 2 rings (SSSR count). The summed E-state index contributed by atoms with van der Waals surface area (Å²) in [4.78, 5) is 0.171. The quantitative estimate of drug-likeness (QED) is 0.668. The Morgan fingerprint density at radius 1 is 1.37 bits per heavy atom. The molecule has 6 nitrogen and oxygen atoms in total. The van der Waals surface area contributed by atoms with Crippen molar-refractivity contribution >= 4 is 21.6 Å². The minimum atomic E-state index is -3.55. The lowest BCUT2D eigenvalue weighted by molar-refractivity contribution is 0.192. The summed E-state index contributed by atoms with van der Waals surface area (Å²) in [6.07, 6.45) is 0.861. The zero-order chi connectivity index (χ0) is 14.0. The van der Waals surface area contributed by atoms with Crippen LogP contribution in [0.15, 0.2) is 29.2 Å². The molecule has 1 aromatic carbocycles. The molecular weight excluding hydrogens is 290 g/mol. The van der Waals surface area contributed by atoms with Gasteiger partial charge in [0.2, 0.25) is 10.0 Å². The van der Waals surface area contributed by atoms with E-state index in [4.69, 9.17) is 17.4 Å². The second-order valence-corrected chi connectivity index (χ2v) is 6.83. The van der Waals surface area contributed by atoms with Crippen molar-refractivity contribution in [3.63, 3.8) is 0 Å². The summed E-state index contributed by atoms with van der Waals surface area (Å²) in [7, 11) is -3.55. The van der Waals surface area contributed by atoms with Gasteiger partial charge in [0.05, 0.1) is 4.90 Å². The first-order chi connectivity index (χ1) is 8.91. The summed E-state index contributed by atoms with van der Waals surface area (Å²) >= 11 is 5.81. The molecule has 0 bridgehead atoms. The first-order valence-electron chi connectivity index (χ1n) is 5.88. The monoisotopic (exact) mass is 304 g/mol. The van der Waals surface area contributed by atoms with Crippen LogP contribution in [0, 0.1) is 5.21 Å². The average molecular weight is 305 g/mol. The van der Waals surface area contributed by atoms with Gasteiger partial charge in [-0.05, 0) is 31.0 Å². The van der Waals surface area contributed by atoms with Crippen LogP contribution in [0.4, 0.5) is 0 Å². The fourth-order valence-corrected chi connectivity index (χ4v) is 3.88. The highest BCUT2D eigenvalue weighted by Gasteiger charge is 2.29. The summed E-state index contributed by atoms with van der Waals surface area (Å²) in [6.45, 7) is 0.574. The van der Waals surface area contributed by atoms with Gasteiger partial charge in [0.1, 0.15) is 0 Å². The SMILES string of the molecule is NN([O-])C1CCN(S(=O)(=O)c2cccc(Cl)c2)CC1. The van der Waals surface area contributed by atoms with Gasteiger partial charge in [0.25, 0.3) is 0 Å². The minimum Gasteiger partial charge on any atom is -0.772 e. The summed E-state index contributed by atoms with van der Waals surface area (Å²) in [5, 5.41) is 11.8. The van der Waals surface area contributed by atoms with Gasteiger partial charge < -0.3 is 10.4 Å². The van der Waals surface area contributed by atoms with Crippen molar-refractivity contribution < 1.29 is 8.42 Å². The van der Waals surface area contributed by atoms with Crippen molar-refractivity contribution in [2.45, 2.75) is 23.8 Å². The highest BCUT2D eigenvalue weighted by atomic mass is 35.5. The fourth-order valence-electron chi connectivity index (χ4n) is 2.11. The minimum absolute atomic E-state index is 0.171. The molecule has 1 saturated heterocycles. The third-order valence-corrected chi connectivity index (χ3v) is 5.35. The Balaban J connectivity index is 2.14. The summed E-state index contributed by atoms with van der Waals surface area (Å²) < 4.78 is 26.1. The van der Waals surface area contributed by atoms with E-state index >= 15 is 0 Å². The molecule has 1 heterocycles. The molecule has 0 radical (unpaired) electrons. The number of hydrogen-bond acceptors (Lipinski definition) is 5. The second-order valence-electron chi connectivity index (χ2n) is 4.45. The molecule has 1 aliphatic rings. The maximum atomic E-state index is 12.4. The van der Waals surface area contributed by atoms with E-state index in [1.165, 1.54) is 16.4 Å². The van der Waals surface area contributed by atoms with Gasteiger partial charge in [-0.25, -0.2) is 8.42 Å². The number of halogens is 1. The Labute approximate surface area is 117 Å². The smallest absolute Gasteiger partial charge is 0.243 e. The van der Waals surface area contributed by atoms with Crippen molar-refractivity contribution in [1.29, 1.82) is 0 Å². The molecule has 8 heteroatoms. The van der Waals surface area contributed by atoms with E-state index in [1.807, 2.05) is 0 Å². The van der Waals surface area contributed by atoms with Crippen LogP contribution in [0.25, 0.3) is 0 Å². The average Bonchev–Trinajstić information content (AvgIpc) is 2.39. The first-order valence-corrected chi connectivity index (χ1v) is 7.70. The predicted octanol–water partition coefficient (Wildman–Crippen LogP) is 1.17. The number of sulfonamides is 1. The lowest BCUT2D eigenvalue weighted by Crippen LogP contribution is -2.47. The van der Waals surface area contributed by atoms with Crippen LogP contribution in [0.1, 0.15) is 12.8 Å². The maximum absolute atomic E-state index is 12.4. The fraction of sp³-hybridized carbons (Fsp3) is 0.455. The highest BCUT2D eigenvalue weighted by molar-refractivity contribution is 7.89. The molecule has 0 spiro atoms. The summed E-state index contributed by atoms with van der Waals surface area (Å²) in [6, 6.07) is 5.84. The standard InChI is InChI=1S/C11H15ClN3O3S/c12-9-2-1-3-11(8-9)19(17,18)14-6-4-10(5-7-14)15(13)16/h1-3,8,10H,4-7,13H2/q-1. The molecule has 2 N–H and O–H groups in total. The van der Waals surface area contributed by atoms with Gasteiger partial charge in [-0.3, -0.25) is 5.84 Å². The molecule has 0 atom stereocenters. The van der Waals surface area contributed by atoms with Crippen LogP contribution in [-0.4, -0.2) is 37.0 Å². The van der Waals surface area contributed by atoms with E-state index in [9.17, 15) is 13.6 Å². The molecule has 0 saturated carbocycles. The number of benzene rings is 1. The molecule has 0 amide bonds. The zero-order valence-corrected chi connectivity index (χ0v) is 11.8. The van der Waals surface area contributed by atoms with E-state index in [0.29, 0.717) is 23.0 Å². The Hall–Kier alpha value is -0.700. The van der Waals surface area contributed by atoms with Gasteiger partial charge in [-0.1, -0.05) is 17.7 Å². The van der Waals surface area contributed by atoms with E-state index < -0.39 is 10.0 Å². The molecule has 1 fully saturated rings. The summed E-state index contributed by atoms with van der Waals surface area (Å²) in [5.74, 6) is 5.14. The predicted molar refractivity (Wildman–Crippen MR) is 72.6 cm³/mol. The van der Waals surface area contributed by atoms with E-state index in [-0.39, 0.29) is 24.0 Å². The lowest BCUT2D eigenvalue weighted by Gasteiger charge is -2.38. The van der Waals surface area contributed by atoms with Gasteiger partial charge >= 0.3 is 0 Å². The molecule has 1 aliphatic heterocycles. The van der Waals surface area contributed by atoms with Crippen LogP contribution in [-0.2, 0) is 10.0 Å². The van der Waals surface area contributed by atoms with Gasteiger partial charge in [-0.2, -0.15) is 4.31 Å². The number of nitrogens with zero attached hydrogens (tertiary/aromatic N) is 2. The lowest BCUT2D eigenvalue weighted by atomic mass is 10.1. The second kappa shape index (κ2) is 5.74. The molecule has 106 valence electrons. The van der Waals surface area contributed by atoms with Crippen molar-refractivity contribution in [3.05, 3.63) is 34.5 Å². The van der Waals surface area contributed by atoms with Crippen LogP contribution < -0.4 is 5.84 Å². The van der Waals surface area contributed by atoms with Gasteiger partial charge in [0.15, 0.2) is 0 Å². The van der Waals surface area contributed by atoms with Crippen LogP contribution >= 0.6 is 11.6 Å². The Kier molecular flexibility index (Phi) is 4.44. The van der Waals surface area contributed by atoms with Crippen LogP contribution in [0.2, 0.25) is 5.02 Å². The number of hydrazine groups is 1. The topological polar surface area (TPSA) is 89.7 Å². The van der Waals surface area contributed by atoms with Crippen molar-refractivity contribution in [2.75, 3.05) is 13.1 Å². The van der Waals surface area contributed by atoms with Gasteiger partial charge in [-0.15, -0.1) is 0 Å². The molecule has 0 aromatic heterocycles. The molecule has 0 aliphatic carbocycles. The third kappa shape index (κ3) is 3.25. The Bertz CT molecular complexity index is 542. The number of hydroxylamine groups is 1. The molecule has 0 unspecified atom stereocenters. The highest BCUT2D eigenvalue weighted by Crippen LogP contribution is 2.23. The number of nitrogens with two attached hydrogens (primary N) is 1. The molecular formula is C11H15ClN3O3S-. The van der Waals surface area contributed by atoms with Crippen LogP contribution in [0.3, 0.4) is 0 Å². The third-order valence-electron chi connectivity index (χ3n) is 3.22. The van der Waals surface area contributed by atoms with E-state index in [2.05, 4.69) is 0 Å². The number of piperidine rings is 1. The number of hydrogen-bond donors (Lipinski definition) is 1. The number of rotatable bonds is 3. The van der Waals surface area contributed by atoms with E-state index in [0.717, 1.165) is 0 Å². The largest absolute Gasteiger partial charge is 0.772 e. The molecule has 1 aromatic rings. The van der Waals surface area contributed by atoms with Crippen molar-refractivity contribution in [2.24, 2.45) is 5.84 Å². The Morgan fingerprint density at radius 3 is 2.53 bits per heavy atom. The summed E-state index contributed by atoms with van der Waals surface area (Å²) in [5.41, 5.74) is 0. The van der Waals surface area contributed by atoms with Crippen molar-refractivity contribution in [3.8, 4) is 0 Å². The normalized spacial score (nSPS) is 18.9. The first kappa shape index (κ1) is 14.7. The maximum Gasteiger partial charge on any atom is 0.243 e. The van der Waals surface area contributed by atoms with Crippen LogP contribution in [0.5, 0.6) is 0 Å².